The Hall–Kier alpha value is -0.780. The molecular formula is C13H5Cl4FN2S. The summed E-state index contributed by atoms with van der Waals surface area (Å²) in [6.45, 7) is 0. The fourth-order valence-corrected chi connectivity index (χ4v) is 3.14. The minimum Gasteiger partial charge on any atom is -0.330 e. The van der Waals surface area contributed by atoms with Crippen LogP contribution < -0.4 is 0 Å². The Morgan fingerprint density at radius 1 is 0.905 bits per heavy atom. The topological polar surface area (TPSA) is 20.7 Å². The molecule has 0 bridgehead atoms. The van der Waals surface area contributed by atoms with Crippen molar-refractivity contribution in [2.45, 2.75) is 0 Å². The van der Waals surface area contributed by atoms with Gasteiger partial charge in [-0.1, -0.05) is 46.4 Å². The molecule has 3 aromatic rings. The second kappa shape index (κ2) is 5.45. The lowest BCUT2D eigenvalue weighted by atomic mass is 10.2. The Kier molecular flexibility index (Phi) is 3.93. The molecule has 0 atom stereocenters. The molecule has 0 unspecified atom stereocenters. The number of benzene rings is 2. The maximum absolute atomic E-state index is 13.5. The zero-order chi connectivity index (χ0) is 15.3. The van der Waals surface area contributed by atoms with Crippen LogP contribution >= 0.6 is 58.6 Å². The van der Waals surface area contributed by atoms with Crippen molar-refractivity contribution in [1.29, 1.82) is 0 Å². The number of nitrogens with zero attached hydrogens (tertiary/aromatic N) is 1. The summed E-state index contributed by atoms with van der Waals surface area (Å²) < 4.78 is 15.6. The number of hydrogen-bond acceptors (Lipinski definition) is 1. The summed E-state index contributed by atoms with van der Waals surface area (Å²) in [5.41, 5.74) is 1.92. The van der Waals surface area contributed by atoms with Crippen molar-refractivity contribution in [3.8, 4) is 5.69 Å². The lowest BCUT2D eigenvalue weighted by Crippen LogP contribution is -1.95. The van der Waals surface area contributed by atoms with Gasteiger partial charge in [-0.2, -0.15) is 0 Å². The summed E-state index contributed by atoms with van der Waals surface area (Å²) in [4.78, 5) is 3.00. The summed E-state index contributed by atoms with van der Waals surface area (Å²) in [6.07, 6.45) is 0. The molecule has 0 aliphatic rings. The van der Waals surface area contributed by atoms with Crippen LogP contribution in [0.1, 0.15) is 0 Å². The quantitative estimate of drug-likeness (QED) is 0.380. The molecule has 2 nitrogen and oxygen atoms in total. The van der Waals surface area contributed by atoms with Crippen LogP contribution in [0, 0.1) is 10.6 Å². The van der Waals surface area contributed by atoms with E-state index in [0.717, 1.165) is 0 Å². The first-order valence-corrected chi connectivity index (χ1v) is 7.55. The normalized spacial score (nSPS) is 11.3. The Morgan fingerprint density at radius 2 is 1.48 bits per heavy atom. The zero-order valence-corrected chi connectivity index (χ0v) is 13.9. The highest BCUT2D eigenvalue weighted by atomic mass is 35.5. The monoisotopic (exact) mass is 380 g/mol. The molecule has 0 saturated heterocycles. The fourth-order valence-electron chi connectivity index (χ4n) is 2.03. The van der Waals surface area contributed by atoms with Gasteiger partial charge in [0.25, 0.3) is 0 Å². The third-order valence-electron chi connectivity index (χ3n) is 2.95. The van der Waals surface area contributed by atoms with Gasteiger partial charge in [-0.15, -0.1) is 0 Å². The second-order valence-corrected chi connectivity index (χ2v) is 6.29. The summed E-state index contributed by atoms with van der Waals surface area (Å²) in [5.74, 6) is -0.672. The first-order chi connectivity index (χ1) is 9.88. The molecule has 0 spiro atoms. The number of imidazole rings is 1. The van der Waals surface area contributed by atoms with E-state index in [1.165, 1.54) is 12.1 Å². The largest absolute Gasteiger partial charge is 0.330 e. The minimum absolute atomic E-state index is 0.0891. The predicted octanol–water partition coefficient (Wildman–Crippen LogP) is 6.44. The molecule has 0 aliphatic heterocycles. The van der Waals surface area contributed by atoms with Gasteiger partial charge in [0.05, 0.1) is 36.8 Å². The number of aromatic amines is 1. The van der Waals surface area contributed by atoms with Crippen molar-refractivity contribution < 1.29 is 4.39 Å². The van der Waals surface area contributed by atoms with E-state index in [4.69, 9.17) is 58.6 Å². The van der Waals surface area contributed by atoms with Gasteiger partial charge in [-0.05, 0) is 36.5 Å². The third-order valence-corrected chi connectivity index (χ3v) is 4.51. The highest BCUT2D eigenvalue weighted by Gasteiger charge is 2.13. The van der Waals surface area contributed by atoms with E-state index >= 15 is 0 Å². The molecule has 1 heterocycles. The summed E-state index contributed by atoms with van der Waals surface area (Å²) in [7, 11) is 0. The molecule has 3 rings (SSSR count). The Morgan fingerprint density at radius 3 is 2.10 bits per heavy atom. The zero-order valence-electron chi connectivity index (χ0n) is 10.1. The molecule has 108 valence electrons. The number of H-pyrrole nitrogens is 1. The van der Waals surface area contributed by atoms with Crippen LogP contribution in [0.2, 0.25) is 20.1 Å². The molecule has 21 heavy (non-hydrogen) atoms. The van der Waals surface area contributed by atoms with Gasteiger partial charge in [0.15, 0.2) is 10.6 Å². The number of hydrogen-bond donors (Lipinski definition) is 1. The van der Waals surface area contributed by atoms with E-state index in [1.807, 2.05) is 0 Å². The second-order valence-electron chi connectivity index (χ2n) is 4.27. The molecular weight excluding hydrogens is 377 g/mol. The SMILES string of the molecule is Fc1c(Cl)cc(-n2c(=S)[nH]c3cc(Cl)c(Cl)cc32)cc1Cl. The first kappa shape index (κ1) is 15.1. The van der Waals surface area contributed by atoms with Gasteiger partial charge in [0.2, 0.25) is 0 Å². The number of fused-ring (bicyclic) bond motifs is 1. The van der Waals surface area contributed by atoms with Crippen LogP contribution in [0.4, 0.5) is 4.39 Å². The van der Waals surface area contributed by atoms with Gasteiger partial charge in [-0.25, -0.2) is 4.39 Å². The van der Waals surface area contributed by atoms with Gasteiger partial charge in [-0.3, -0.25) is 4.57 Å². The average molecular weight is 382 g/mol. The molecule has 0 fully saturated rings. The van der Waals surface area contributed by atoms with Gasteiger partial charge < -0.3 is 4.98 Å². The lowest BCUT2D eigenvalue weighted by molar-refractivity contribution is 0.628. The van der Waals surface area contributed by atoms with E-state index in [1.54, 1.807) is 16.7 Å². The molecule has 1 N–H and O–H groups in total. The highest BCUT2D eigenvalue weighted by molar-refractivity contribution is 7.71. The summed E-state index contributed by atoms with van der Waals surface area (Å²) in [6, 6.07) is 6.21. The first-order valence-electron chi connectivity index (χ1n) is 5.63. The third kappa shape index (κ3) is 2.56. The molecule has 8 heteroatoms. The maximum atomic E-state index is 13.5. The smallest absolute Gasteiger partial charge is 0.182 e. The van der Waals surface area contributed by atoms with Crippen LogP contribution in [0.25, 0.3) is 16.7 Å². The molecule has 0 aliphatic carbocycles. The number of nitrogens with one attached hydrogen (secondary N) is 1. The lowest BCUT2D eigenvalue weighted by Gasteiger charge is -2.07. The fraction of sp³-hybridized carbons (Fsp3) is 0. The number of halogens is 5. The van der Waals surface area contributed by atoms with Crippen molar-refractivity contribution in [2.75, 3.05) is 0 Å². The predicted molar refractivity (Wildman–Crippen MR) is 88.5 cm³/mol. The number of aromatic nitrogens is 2. The Labute approximate surface area is 144 Å². The Bertz CT molecular complexity index is 909. The van der Waals surface area contributed by atoms with Crippen molar-refractivity contribution in [3.63, 3.8) is 0 Å². The molecule has 1 aromatic heterocycles. The van der Waals surface area contributed by atoms with E-state index in [0.29, 0.717) is 31.5 Å². The standard InChI is InChI=1S/C13H5Cl4FN2S/c14-6-3-10-11(4-7(6)15)20(13(21)19-10)5-1-8(16)12(18)9(17)2-5/h1-4H,(H,19,21). The van der Waals surface area contributed by atoms with Crippen LogP contribution in [-0.2, 0) is 0 Å². The maximum Gasteiger partial charge on any atom is 0.182 e. The van der Waals surface area contributed by atoms with Crippen molar-refractivity contribution in [3.05, 3.63) is 54.9 Å². The summed E-state index contributed by atoms with van der Waals surface area (Å²) >= 11 is 29.0. The average Bonchev–Trinajstić information content (AvgIpc) is 2.71. The van der Waals surface area contributed by atoms with Gasteiger partial charge in [0.1, 0.15) is 0 Å². The van der Waals surface area contributed by atoms with Crippen molar-refractivity contribution in [2.24, 2.45) is 0 Å². The van der Waals surface area contributed by atoms with Crippen LogP contribution in [0.5, 0.6) is 0 Å². The van der Waals surface area contributed by atoms with E-state index < -0.39 is 5.82 Å². The van der Waals surface area contributed by atoms with E-state index in [2.05, 4.69) is 4.98 Å². The van der Waals surface area contributed by atoms with Gasteiger partial charge in [0, 0.05) is 0 Å². The molecule has 2 aromatic carbocycles. The molecule has 0 saturated carbocycles. The van der Waals surface area contributed by atoms with Crippen LogP contribution in [0.3, 0.4) is 0 Å². The Balaban J connectivity index is 2.37. The highest BCUT2D eigenvalue weighted by Crippen LogP contribution is 2.32. The summed E-state index contributed by atoms with van der Waals surface area (Å²) in [5, 5.41) is 0.608. The van der Waals surface area contributed by atoms with Crippen molar-refractivity contribution in [1.82, 2.24) is 9.55 Å². The van der Waals surface area contributed by atoms with Crippen molar-refractivity contribution >= 4 is 69.7 Å². The molecule has 0 radical (unpaired) electrons. The van der Waals surface area contributed by atoms with E-state index in [-0.39, 0.29) is 10.0 Å². The van der Waals surface area contributed by atoms with E-state index in [9.17, 15) is 4.39 Å². The molecule has 0 amide bonds. The van der Waals surface area contributed by atoms with Gasteiger partial charge >= 0.3 is 0 Å². The van der Waals surface area contributed by atoms with Crippen LogP contribution in [0.15, 0.2) is 24.3 Å². The number of rotatable bonds is 1. The van der Waals surface area contributed by atoms with Crippen LogP contribution in [-0.4, -0.2) is 9.55 Å². The minimum atomic E-state index is -0.672.